The second kappa shape index (κ2) is 6.29. The lowest BCUT2D eigenvalue weighted by Gasteiger charge is -1.80. The topological polar surface area (TPSA) is 58.0 Å². The Labute approximate surface area is 80.1 Å². The molecule has 3 nitrogen and oxygen atoms in total. The third-order valence-corrected chi connectivity index (χ3v) is 1.45. The van der Waals surface area contributed by atoms with Crippen LogP contribution in [0.3, 0.4) is 0 Å². The van der Waals surface area contributed by atoms with E-state index < -0.39 is 10.5 Å². The van der Waals surface area contributed by atoms with E-state index in [0.29, 0.717) is 0 Å². The van der Waals surface area contributed by atoms with E-state index in [1.54, 1.807) is 0 Å². The third-order valence-electron chi connectivity index (χ3n) is 0.733. The van der Waals surface area contributed by atoms with E-state index in [0.717, 1.165) is 0 Å². The minimum atomic E-state index is -2.61. The Hall–Kier alpha value is -0.430. The van der Waals surface area contributed by atoms with Gasteiger partial charge in [-0.05, 0) is 34.7 Å². The Bertz CT molecular complexity index is 287. The fourth-order valence-corrected chi connectivity index (χ4v) is 0.830. The van der Waals surface area contributed by atoms with E-state index >= 15 is 0 Å². The summed E-state index contributed by atoms with van der Waals surface area (Å²) in [7, 11) is -2.61. The van der Waals surface area contributed by atoms with Crippen LogP contribution in [0.2, 0.25) is 0 Å². The lowest BCUT2D eigenvalue weighted by Crippen LogP contribution is -1.61. The van der Waals surface area contributed by atoms with Crippen LogP contribution < -0.4 is 0 Å². The monoisotopic (exact) mass is 283 g/mol. The molecular weight excluding hydrogens is 277 g/mol. The first-order valence-electron chi connectivity index (χ1n) is 2.64. The number of nitrogens with one attached hydrogen (secondary N) is 1. The molecule has 0 unspecified atom stereocenters. The molecule has 1 aromatic carbocycles. The summed E-state index contributed by atoms with van der Waals surface area (Å²) in [5.74, 6) is 0. The van der Waals surface area contributed by atoms with Crippen LogP contribution in [0.5, 0.6) is 0 Å². The normalized spacial score (nSPS) is 7.73. The van der Waals surface area contributed by atoms with Crippen molar-refractivity contribution in [3.05, 3.63) is 33.9 Å². The molecule has 0 aromatic heterocycles. The summed E-state index contributed by atoms with van der Waals surface area (Å²) in [6.07, 6.45) is 0. The molecule has 1 aromatic rings. The number of halogens is 1. The van der Waals surface area contributed by atoms with Gasteiger partial charge in [-0.1, -0.05) is 18.2 Å². The predicted molar refractivity (Wildman–Crippen MR) is 50.8 cm³/mol. The summed E-state index contributed by atoms with van der Waals surface area (Å²) < 4.78 is 24.1. The van der Waals surface area contributed by atoms with Gasteiger partial charge in [-0.2, -0.15) is 13.2 Å². The quantitative estimate of drug-likeness (QED) is 0.739. The summed E-state index contributed by atoms with van der Waals surface area (Å²) in [6.45, 7) is 0. The molecule has 0 saturated carbocycles. The van der Waals surface area contributed by atoms with E-state index in [4.69, 9.17) is 13.2 Å². The van der Waals surface area contributed by atoms with Crippen molar-refractivity contribution in [1.82, 2.24) is 0 Å². The van der Waals surface area contributed by atoms with Gasteiger partial charge in [-0.15, -0.1) is 0 Å². The molecule has 0 atom stereocenters. The lowest BCUT2D eigenvalue weighted by molar-refractivity contribution is 0.620. The SMILES string of the molecule is Ic1ccccc1.N=S(=O)=O. The van der Waals surface area contributed by atoms with E-state index in [9.17, 15) is 0 Å². The minimum Gasteiger partial charge on any atom is -0.188 e. The van der Waals surface area contributed by atoms with Gasteiger partial charge in [0.25, 0.3) is 0 Å². The summed E-state index contributed by atoms with van der Waals surface area (Å²) in [5.41, 5.74) is 0. The molecule has 1 N–H and O–H groups in total. The molecule has 5 heteroatoms. The molecule has 60 valence electrons. The van der Waals surface area contributed by atoms with Crippen molar-refractivity contribution in [3.63, 3.8) is 0 Å². The van der Waals surface area contributed by atoms with Gasteiger partial charge in [0.1, 0.15) is 0 Å². The van der Waals surface area contributed by atoms with Crippen molar-refractivity contribution >= 4 is 33.1 Å². The molecule has 0 amide bonds. The molecule has 0 aliphatic heterocycles. The van der Waals surface area contributed by atoms with Gasteiger partial charge in [-0.3, -0.25) is 0 Å². The predicted octanol–water partition coefficient (Wildman–Crippen LogP) is 1.92. The molecule has 0 bridgehead atoms. The van der Waals surface area contributed by atoms with Gasteiger partial charge >= 0.3 is 10.5 Å². The second-order valence-electron chi connectivity index (χ2n) is 1.53. The van der Waals surface area contributed by atoms with Gasteiger partial charge in [0, 0.05) is 3.57 Å². The largest absolute Gasteiger partial charge is 0.308 e. The van der Waals surface area contributed by atoms with Crippen LogP contribution in [-0.4, -0.2) is 8.42 Å². The molecule has 0 saturated heterocycles. The van der Waals surface area contributed by atoms with Crippen LogP contribution in [0.4, 0.5) is 0 Å². The van der Waals surface area contributed by atoms with Crippen LogP contribution in [0.1, 0.15) is 0 Å². The number of hydrogen-bond donors (Lipinski definition) is 1. The van der Waals surface area contributed by atoms with Gasteiger partial charge < -0.3 is 0 Å². The fraction of sp³-hybridized carbons (Fsp3) is 0. The van der Waals surface area contributed by atoms with Crippen molar-refractivity contribution in [2.45, 2.75) is 0 Å². The summed E-state index contributed by atoms with van der Waals surface area (Å²) in [6, 6.07) is 10.2. The molecule has 0 fully saturated rings. The highest BCUT2D eigenvalue weighted by molar-refractivity contribution is 14.1. The lowest BCUT2D eigenvalue weighted by atomic mass is 10.4. The van der Waals surface area contributed by atoms with E-state index in [-0.39, 0.29) is 0 Å². The van der Waals surface area contributed by atoms with Crippen LogP contribution >= 0.6 is 22.6 Å². The fourth-order valence-electron chi connectivity index (χ4n) is 0.415. The summed E-state index contributed by atoms with van der Waals surface area (Å²) in [5, 5.41) is 0. The van der Waals surface area contributed by atoms with E-state index in [1.165, 1.54) is 3.57 Å². The number of rotatable bonds is 0. The Morgan fingerprint density at radius 1 is 1.18 bits per heavy atom. The maximum absolute atomic E-state index is 8.67. The van der Waals surface area contributed by atoms with E-state index in [2.05, 4.69) is 34.7 Å². The average Bonchev–Trinajstić information content (AvgIpc) is 1.87. The van der Waals surface area contributed by atoms with Crippen molar-refractivity contribution < 1.29 is 8.42 Å². The number of hydrogen-bond acceptors (Lipinski definition) is 3. The Kier molecular flexibility index (Phi) is 6.05. The first kappa shape index (κ1) is 10.6. The molecule has 0 radical (unpaired) electrons. The molecular formula is C6H6INO2S. The smallest absolute Gasteiger partial charge is 0.188 e. The van der Waals surface area contributed by atoms with Crippen molar-refractivity contribution in [2.24, 2.45) is 0 Å². The number of benzene rings is 1. The van der Waals surface area contributed by atoms with Crippen LogP contribution in [0.25, 0.3) is 0 Å². The molecule has 0 aliphatic rings. The standard InChI is InChI=1S/C6H5I.HNO2S/c7-6-4-2-1-3-5-6;1-4(2)3/h1-5H;1H. The zero-order valence-electron chi connectivity index (χ0n) is 5.49. The van der Waals surface area contributed by atoms with E-state index in [1.807, 2.05) is 18.2 Å². The highest BCUT2D eigenvalue weighted by Gasteiger charge is 1.74. The van der Waals surface area contributed by atoms with Gasteiger partial charge in [0.15, 0.2) is 0 Å². The highest BCUT2D eigenvalue weighted by Crippen LogP contribution is 1.99. The van der Waals surface area contributed by atoms with Crippen molar-refractivity contribution in [1.29, 1.82) is 4.78 Å². The molecule has 0 heterocycles. The Morgan fingerprint density at radius 2 is 1.55 bits per heavy atom. The van der Waals surface area contributed by atoms with Gasteiger partial charge in [0.05, 0.1) is 0 Å². The average molecular weight is 283 g/mol. The first-order chi connectivity index (χ1) is 5.13. The molecule has 0 spiro atoms. The highest BCUT2D eigenvalue weighted by atomic mass is 127. The van der Waals surface area contributed by atoms with Crippen LogP contribution in [0.15, 0.2) is 30.3 Å². The first-order valence-corrected chi connectivity index (χ1v) is 4.79. The van der Waals surface area contributed by atoms with Gasteiger partial charge in [-0.25, -0.2) is 0 Å². The Balaban J connectivity index is 0.000000218. The molecule has 11 heavy (non-hydrogen) atoms. The maximum atomic E-state index is 8.67. The van der Waals surface area contributed by atoms with Gasteiger partial charge in [0.2, 0.25) is 0 Å². The zero-order valence-corrected chi connectivity index (χ0v) is 8.46. The molecule has 1 rings (SSSR count). The van der Waals surface area contributed by atoms with Crippen LogP contribution in [0, 0.1) is 8.35 Å². The third kappa shape index (κ3) is 9.57. The maximum Gasteiger partial charge on any atom is 0.308 e. The zero-order chi connectivity index (χ0) is 8.69. The minimum absolute atomic E-state index is 1.29. The van der Waals surface area contributed by atoms with Crippen molar-refractivity contribution in [3.8, 4) is 0 Å². The second-order valence-corrected chi connectivity index (χ2v) is 3.25. The summed E-state index contributed by atoms with van der Waals surface area (Å²) in [4.78, 5) is 0. The van der Waals surface area contributed by atoms with Crippen molar-refractivity contribution in [2.75, 3.05) is 0 Å². The molecule has 0 aliphatic carbocycles. The van der Waals surface area contributed by atoms with Crippen LogP contribution in [-0.2, 0) is 10.5 Å². The Morgan fingerprint density at radius 3 is 1.73 bits per heavy atom. The summed E-state index contributed by atoms with van der Waals surface area (Å²) >= 11 is 2.28.